The summed E-state index contributed by atoms with van der Waals surface area (Å²) in [5, 5.41) is 3.15. The Labute approximate surface area is 126 Å². The maximum Gasteiger partial charge on any atom is 0.573 e. The zero-order valence-corrected chi connectivity index (χ0v) is 12.1. The predicted molar refractivity (Wildman–Crippen MR) is 76.2 cm³/mol. The van der Waals surface area contributed by atoms with Gasteiger partial charge in [-0.2, -0.15) is 0 Å². The average Bonchev–Trinajstić information content (AvgIpc) is 2.97. The fraction of sp³-hybridized carbons (Fsp3) is 0.400. The molecule has 1 aliphatic rings. The van der Waals surface area contributed by atoms with Gasteiger partial charge in [0.2, 0.25) is 5.91 Å². The van der Waals surface area contributed by atoms with Crippen LogP contribution in [0.5, 0.6) is 5.75 Å². The van der Waals surface area contributed by atoms with Crippen LogP contribution in [-0.4, -0.2) is 43.3 Å². The molecule has 4 nitrogen and oxygen atoms in total. The molecule has 1 unspecified atom stereocenters. The van der Waals surface area contributed by atoms with E-state index in [2.05, 4.69) is 10.1 Å². The van der Waals surface area contributed by atoms with E-state index in [4.69, 9.17) is 0 Å². The zero-order valence-electron chi connectivity index (χ0n) is 12.1. The van der Waals surface area contributed by atoms with Crippen molar-refractivity contribution in [3.8, 4) is 5.75 Å². The molecule has 0 bridgehead atoms. The smallest absolute Gasteiger partial charge is 0.405 e. The predicted octanol–water partition coefficient (Wildman–Crippen LogP) is 2.42. The molecule has 0 aromatic heterocycles. The molecule has 0 saturated carbocycles. The number of para-hydroxylation sites is 1. The van der Waals surface area contributed by atoms with E-state index in [1.807, 2.05) is 0 Å². The Balaban J connectivity index is 2.07. The first kappa shape index (κ1) is 16.4. The number of hydrogen-bond acceptors (Lipinski definition) is 3. The molecule has 0 radical (unpaired) electrons. The largest absolute Gasteiger partial charge is 0.573 e. The van der Waals surface area contributed by atoms with Gasteiger partial charge in [0.05, 0.1) is 0 Å². The van der Waals surface area contributed by atoms with Gasteiger partial charge in [0.25, 0.3) is 0 Å². The van der Waals surface area contributed by atoms with Gasteiger partial charge in [-0.3, -0.25) is 4.79 Å². The summed E-state index contributed by atoms with van der Waals surface area (Å²) < 4.78 is 40.9. The fourth-order valence-electron chi connectivity index (χ4n) is 2.26. The van der Waals surface area contributed by atoms with Crippen molar-refractivity contribution in [1.29, 1.82) is 0 Å². The van der Waals surface area contributed by atoms with Gasteiger partial charge >= 0.3 is 6.36 Å². The first-order chi connectivity index (χ1) is 10.4. The molecule has 1 atom stereocenters. The van der Waals surface area contributed by atoms with Crippen LogP contribution < -0.4 is 10.1 Å². The Morgan fingerprint density at radius 2 is 2.14 bits per heavy atom. The van der Waals surface area contributed by atoms with Gasteiger partial charge in [0, 0.05) is 31.3 Å². The number of nitrogens with zero attached hydrogens (tertiary/aromatic N) is 1. The first-order valence-electron chi connectivity index (χ1n) is 6.87. The lowest BCUT2D eigenvalue weighted by Gasteiger charge is -2.22. The Bertz CT molecular complexity index is 552. The molecule has 1 saturated heterocycles. The number of alkyl halides is 3. The topological polar surface area (TPSA) is 41.6 Å². The van der Waals surface area contributed by atoms with E-state index < -0.39 is 6.36 Å². The van der Waals surface area contributed by atoms with Crippen LogP contribution in [0, 0.1) is 0 Å². The molecule has 1 N–H and O–H groups in total. The normalized spacial score (nSPS) is 18.6. The maximum absolute atomic E-state index is 12.3. The van der Waals surface area contributed by atoms with Gasteiger partial charge < -0.3 is 15.0 Å². The van der Waals surface area contributed by atoms with Crippen molar-refractivity contribution < 1.29 is 22.7 Å². The minimum atomic E-state index is -4.76. The number of ether oxygens (including phenoxy) is 1. The van der Waals surface area contributed by atoms with Gasteiger partial charge in [-0.1, -0.05) is 18.2 Å². The Hall–Kier alpha value is -2.02. The van der Waals surface area contributed by atoms with Gasteiger partial charge in [-0.05, 0) is 25.1 Å². The minimum absolute atomic E-state index is 0.110. The van der Waals surface area contributed by atoms with Crippen LogP contribution in [0.2, 0.25) is 0 Å². The number of hydrogen-bond donors (Lipinski definition) is 1. The standard InChI is InChI=1S/C15H17F3N2O2/c1-20(12-8-9-19-10-12)14(21)7-6-11-4-2-3-5-13(11)22-15(16,17)18/h2-7,12,19H,8-10H2,1H3. The van der Waals surface area contributed by atoms with Crippen LogP contribution in [0.25, 0.3) is 6.08 Å². The third-order valence-corrected chi connectivity index (χ3v) is 3.48. The lowest BCUT2D eigenvalue weighted by molar-refractivity contribution is -0.274. The van der Waals surface area contributed by atoms with E-state index >= 15 is 0 Å². The SMILES string of the molecule is CN(C(=O)C=Cc1ccccc1OC(F)(F)F)C1CCNC1. The molecule has 0 aliphatic carbocycles. The van der Waals surface area contributed by atoms with E-state index in [1.165, 1.54) is 30.4 Å². The summed E-state index contributed by atoms with van der Waals surface area (Å²) >= 11 is 0. The van der Waals surface area contributed by atoms with Gasteiger partial charge in [0.15, 0.2) is 0 Å². The highest BCUT2D eigenvalue weighted by Gasteiger charge is 2.31. The van der Waals surface area contributed by atoms with E-state index in [1.54, 1.807) is 18.0 Å². The molecule has 1 fully saturated rings. The second kappa shape index (κ2) is 6.83. The first-order valence-corrected chi connectivity index (χ1v) is 6.87. The Morgan fingerprint density at radius 1 is 1.41 bits per heavy atom. The van der Waals surface area contributed by atoms with Crippen LogP contribution in [-0.2, 0) is 4.79 Å². The molecule has 1 aromatic rings. The van der Waals surface area contributed by atoms with Gasteiger partial charge in [-0.25, -0.2) is 0 Å². The number of carbonyl (C=O) groups excluding carboxylic acids is 1. The molecule has 1 aliphatic heterocycles. The molecular formula is C15H17F3N2O2. The highest BCUT2D eigenvalue weighted by molar-refractivity contribution is 5.92. The second-order valence-corrected chi connectivity index (χ2v) is 5.01. The van der Waals surface area contributed by atoms with Crippen molar-refractivity contribution in [1.82, 2.24) is 10.2 Å². The molecule has 0 spiro atoms. The minimum Gasteiger partial charge on any atom is -0.405 e. The van der Waals surface area contributed by atoms with Crippen molar-refractivity contribution in [2.45, 2.75) is 18.8 Å². The summed E-state index contributed by atoms with van der Waals surface area (Å²) in [7, 11) is 1.68. The monoisotopic (exact) mass is 314 g/mol. The number of nitrogens with one attached hydrogen (secondary N) is 1. The molecule has 1 amide bonds. The van der Waals surface area contributed by atoms with Gasteiger partial charge in [0.1, 0.15) is 5.75 Å². The summed E-state index contributed by atoms with van der Waals surface area (Å²) in [6, 6.07) is 5.80. The summed E-state index contributed by atoms with van der Waals surface area (Å²) in [5.74, 6) is -0.584. The lowest BCUT2D eigenvalue weighted by atomic mass is 10.1. The fourth-order valence-corrected chi connectivity index (χ4v) is 2.26. The number of amides is 1. The summed E-state index contributed by atoms with van der Waals surface area (Å²) in [6.07, 6.45) is -1.30. The maximum atomic E-state index is 12.3. The summed E-state index contributed by atoms with van der Waals surface area (Å²) in [6.45, 7) is 1.58. The Kier molecular flexibility index (Phi) is 5.07. The number of rotatable bonds is 4. The van der Waals surface area contributed by atoms with Crippen molar-refractivity contribution in [3.63, 3.8) is 0 Å². The quantitative estimate of drug-likeness (QED) is 0.868. The molecule has 1 aromatic carbocycles. The van der Waals surface area contributed by atoms with Crippen LogP contribution in [0.1, 0.15) is 12.0 Å². The zero-order chi connectivity index (χ0) is 16.2. The van der Waals surface area contributed by atoms with Crippen molar-refractivity contribution in [2.75, 3.05) is 20.1 Å². The molecule has 120 valence electrons. The van der Waals surface area contributed by atoms with Crippen LogP contribution in [0.4, 0.5) is 13.2 Å². The Morgan fingerprint density at radius 3 is 2.77 bits per heavy atom. The molecular weight excluding hydrogens is 297 g/mol. The highest BCUT2D eigenvalue weighted by atomic mass is 19.4. The molecule has 2 rings (SSSR count). The number of likely N-dealkylation sites (N-methyl/N-ethyl adjacent to an activating group) is 1. The van der Waals surface area contributed by atoms with Crippen molar-refractivity contribution >= 4 is 12.0 Å². The summed E-state index contributed by atoms with van der Waals surface area (Å²) in [5.41, 5.74) is 0.200. The van der Waals surface area contributed by atoms with Crippen molar-refractivity contribution in [3.05, 3.63) is 35.9 Å². The van der Waals surface area contributed by atoms with E-state index in [-0.39, 0.29) is 23.3 Å². The number of benzene rings is 1. The average molecular weight is 314 g/mol. The van der Waals surface area contributed by atoms with E-state index in [0.717, 1.165) is 19.5 Å². The van der Waals surface area contributed by atoms with Gasteiger partial charge in [-0.15, -0.1) is 13.2 Å². The number of carbonyl (C=O) groups is 1. The van der Waals surface area contributed by atoms with Crippen LogP contribution in [0.3, 0.4) is 0 Å². The highest BCUT2D eigenvalue weighted by Crippen LogP contribution is 2.27. The van der Waals surface area contributed by atoms with Crippen LogP contribution >= 0.6 is 0 Å². The van der Waals surface area contributed by atoms with E-state index in [0.29, 0.717) is 0 Å². The summed E-state index contributed by atoms with van der Waals surface area (Å²) in [4.78, 5) is 13.6. The molecule has 1 heterocycles. The van der Waals surface area contributed by atoms with Crippen LogP contribution in [0.15, 0.2) is 30.3 Å². The lowest BCUT2D eigenvalue weighted by Crippen LogP contribution is -2.37. The second-order valence-electron chi connectivity index (χ2n) is 5.01. The van der Waals surface area contributed by atoms with Crippen molar-refractivity contribution in [2.24, 2.45) is 0 Å². The molecule has 22 heavy (non-hydrogen) atoms. The third-order valence-electron chi connectivity index (χ3n) is 3.48. The molecule has 7 heteroatoms. The third kappa shape index (κ3) is 4.49. The number of halogens is 3. The van der Waals surface area contributed by atoms with E-state index in [9.17, 15) is 18.0 Å².